The number of pyridine rings is 1. The minimum absolute atomic E-state index is 0.536. The molecule has 0 aliphatic carbocycles. The van der Waals surface area contributed by atoms with Gasteiger partial charge in [-0.25, -0.2) is 4.98 Å². The summed E-state index contributed by atoms with van der Waals surface area (Å²) in [5.41, 5.74) is 2.13. The summed E-state index contributed by atoms with van der Waals surface area (Å²) in [7, 11) is 2.04. The molecule has 2 heterocycles. The number of furan rings is 1. The second-order valence-electron chi connectivity index (χ2n) is 3.76. The minimum Gasteiger partial charge on any atom is -0.472 e. The van der Waals surface area contributed by atoms with Crippen LogP contribution in [0.1, 0.15) is 11.3 Å². The number of nitrogens with zero attached hydrogens (tertiary/aromatic N) is 2. The Bertz CT molecular complexity index is 442. The van der Waals surface area contributed by atoms with Crippen LogP contribution in [0.3, 0.4) is 0 Å². The highest BCUT2D eigenvalue weighted by atomic mass is 35.5. The SMILES string of the molecule is CN(Cc1ccoc1)Cc1cccc(Cl)n1. The molecular formula is C12H13ClN2O. The van der Waals surface area contributed by atoms with Crippen LogP contribution < -0.4 is 0 Å². The van der Waals surface area contributed by atoms with Crippen LogP contribution >= 0.6 is 11.6 Å². The second kappa shape index (κ2) is 5.14. The fraction of sp³-hybridized carbons (Fsp3) is 0.250. The number of halogens is 1. The van der Waals surface area contributed by atoms with E-state index in [2.05, 4.69) is 9.88 Å². The van der Waals surface area contributed by atoms with E-state index in [-0.39, 0.29) is 0 Å². The summed E-state index contributed by atoms with van der Waals surface area (Å²) < 4.78 is 5.02. The lowest BCUT2D eigenvalue weighted by molar-refractivity contribution is 0.314. The second-order valence-corrected chi connectivity index (χ2v) is 4.14. The van der Waals surface area contributed by atoms with Crippen LogP contribution in [0.5, 0.6) is 0 Å². The van der Waals surface area contributed by atoms with Crippen LogP contribution in [0.15, 0.2) is 41.2 Å². The molecule has 0 aliphatic rings. The van der Waals surface area contributed by atoms with E-state index in [0.717, 1.165) is 24.3 Å². The van der Waals surface area contributed by atoms with Gasteiger partial charge in [-0.05, 0) is 25.2 Å². The Morgan fingerprint density at radius 2 is 2.19 bits per heavy atom. The van der Waals surface area contributed by atoms with Crippen molar-refractivity contribution in [2.75, 3.05) is 7.05 Å². The molecule has 0 saturated heterocycles. The molecule has 2 aromatic rings. The molecule has 0 aliphatic heterocycles. The molecule has 2 aromatic heterocycles. The Kier molecular flexibility index (Phi) is 3.59. The van der Waals surface area contributed by atoms with Gasteiger partial charge in [0.1, 0.15) is 5.15 Å². The lowest BCUT2D eigenvalue weighted by atomic mass is 10.3. The van der Waals surface area contributed by atoms with Gasteiger partial charge in [0.15, 0.2) is 0 Å². The van der Waals surface area contributed by atoms with Crippen molar-refractivity contribution in [2.45, 2.75) is 13.1 Å². The molecule has 0 N–H and O–H groups in total. The van der Waals surface area contributed by atoms with Gasteiger partial charge in [-0.15, -0.1) is 0 Å². The first-order valence-electron chi connectivity index (χ1n) is 5.05. The van der Waals surface area contributed by atoms with Gasteiger partial charge in [0.25, 0.3) is 0 Å². The summed E-state index contributed by atoms with van der Waals surface area (Å²) in [6.45, 7) is 1.61. The Balaban J connectivity index is 1.94. The molecule has 0 unspecified atom stereocenters. The zero-order valence-corrected chi connectivity index (χ0v) is 9.81. The predicted molar refractivity (Wildman–Crippen MR) is 63.1 cm³/mol. The first kappa shape index (κ1) is 11.2. The van der Waals surface area contributed by atoms with Gasteiger partial charge in [-0.1, -0.05) is 17.7 Å². The Morgan fingerprint density at radius 3 is 2.88 bits per heavy atom. The first-order chi connectivity index (χ1) is 7.74. The smallest absolute Gasteiger partial charge is 0.129 e. The zero-order valence-electron chi connectivity index (χ0n) is 9.06. The molecule has 4 heteroatoms. The van der Waals surface area contributed by atoms with Crippen LogP contribution in [0.2, 0.25) is 5.15 Å². The van der Waals surface area contributed by atoms with Gasteiger partial charge in [0.2, 0.25) is 0 Å². The standard InChI is InChI=1S/C12H13ClN2O/c1-15(7-10-5-6-16-9-10)8-11-3-2-4-12(13)14-11/h2-6,9H,7-8H2,1H3. The van der Waals surface area contributed by atoms with Crippen molar-refractivity contribution in [2.24, 2.45) is 0 Å². The maximum Gasteiger partial charge on any atom is 0.129 e. The van der Waals surface area contributed by atoms with Gasteiger partial charge in [-0.2, -0.15) is 0 Å². The van der Waals surface area contributed by atoms with Gasteiger partial charge < -0.3 is 4.42 Å². The average Bonchev–Trinajstić information content (AvgIpc) is 2.70. The van der Waals surface area contributed by atoms with Crippen molar-refractivity contribution >= 4 is 11.6 Å². The third kappa shape index (κ3) is 3.08. The van der Waals surface area contributed by atoms with Crippen molar-refractivity contribution in [3.63, 3.8) is 0 Å². The molecule has 2 rings (SSSR count). The molecule has 0 spiro atoms. The highest BCUT2D eigenvalue weighted by molar-refractivity contribution is 6.29. The normalized spacial score (nSPS) is 10.9. The summed E-state index contributed by atoms with van der Waals surface area (Å²) in [4.78, 5) is 6.40. The third-order valence-corrected chi connectivity index (χ3v) is 2.45. The molecule has 0 atom stereocenters. The summed E-state index contributed by atoms with van der Waals surface area (Å²) in [5.74, 6) is 0. The van der Waals surface area contributed by atoms with E-state index >= 15 is 0 Å². The fourth-order valence-electron chi connectivity index (χ4n) is 1.57. The van der Waals surface area contributed by atoms with Gasteiger partial charge >= 0.3 is 0 Å². The average molecular weight is 237 g/mol. The summed E-state index contributed by atoms with van der Waals surface area (Å²) in [5, 5.41) is 0.536. The van der Waals surface area contributed by atoms with Crippen LogP contribution in [-0.4, -0.2) is 16.9 Å². The largest absolute Gasteiger partial charge is 0.472 e. The van der Waals surface area contributed by atoms with Crippen molar-refractivity contribution in [1.29, 1.82) is 0 Å². The first-order valence-corrected chi connectivity index (χ1v) is 5.43. The zero-order chi connectivity index (χ0) is 11.4. The lowest BCUT2D eigenvalue weighted by Gasteiger charge is -2.14. The van der Waals surface area contributed by atoms with E-state index < -0.39 is 0 Å². The molecule has 0 radical (unpaired) electrons. The number of hydrogen-bond acceptors (Lipinski definition) is 3. The molecule has 16 heavy (non-hydrogen) atoms. The van der Waals surface area contributed by atoms with Crippen LogP contribution in [0, 0.1) is 0 Å². The lowest BCUT2D eigenvalue weighted by Crippen LogP contribution is -2.17. The molecule has 0 amide bonds. The molecule has 0 fully saturated rings. The van der Waals surface area contributed by atoms with E-state index in [1.165, 1.54) is 0 Å². The topological polar surface area (TPSA) is 29.3 Å². The molecular weight excluding hydrogens is 224 g/mol. The van der Waals surface area contributed by atoms with Crippen molar-refractivity contribution < 1.29 is 4.42 Å². The van der Waals surface area contributed by atoms with Crippen molar-refractivity contribution in [3.05, 3.63) is 53.2 Å². The predicted octanol–water partition coefficient (Wildman–Crippen LogP) is 2.96. The highest BCUT2D eigenvalue weighted by Gasteiger charge is 2.04. The maximum absolute atomic E-state index is 5.83. The van der Waals surface area contributed by atoms with Crippen molar-refractivity contribution in [3.8, 4) is 0 Å². The summed E-state index contributed by atoms with van der Waals surface area (Å²) >= 11 is 5.83. The van der Waals surface area contributed by atoms with Crippen molar-refractivity contribution in [1.82, 2.24) is 9.88 Å². The molecule has 0 aromatic carbocycles. The highest BCUT2D eigenvalue weighted by Crippen LogP contribution is 2.09. The Labute approximate surface area is 99.7 Å². The summed E-state index contributed by atoms with van der Waals surface area (Å²) in [6, 6.07) is 7.62. The van der Waals surface area contributed by atoms with Crippen LogP contribution in [0.4, 0.5) is 0 Å². The Morgan fingerprint density at radius 1 is 1.31 bits per heavy atom. The van der Waals surface area contributed by atoms with E-state index in [1.807, 2.05) is 25.2 Å². The monoisotopic (exact) mass is 236 g/mol. The van der Waals surface area contributed by atoms with E-state index in [1.54, 1.807) is 18.6 Å². The number of hydrogen-bond donors (Lipinski definition) is 0. The van der Waals surface area contributed by atoms with Gasteiger partial charge in [0, 0.05) is 18.7 Å². The van der Waals surface area contributed by atoms with E-state index in [4.69, 9.17) is 16.0 Å². The van der Waals surface area contributed by atoms with Gasteiger partial charge in [-0.3, -0.25) is 4.90 Å². The van der Waals surface area contributed by atoms with E-state index in [0.29, 0.717) is 5.15 Å². The van der Waals surface area contributed by atoms with E-state index in [9.17, 15) is 0 Å². The fourth-order valence-corrected chi connectivity index (χ4v) is 1.75. The molecule has 0 saturated carbocycles. The minimum atomic E-state index is 0.536. The third-order valence-electron chi connectivity index (χ3n) is 2.24. The molecule has 0 bridgehead atoms. The Hall–Kier alpha value is -1.32. The maximum atomic E-state index is 5.83. The van der Waals surface area contributed by atoms with Gasteiger partial charge in [0.05, 0.1) is 18.2 Å². The van der Waals surface area contributed by atoms with Crippen LogP contribution in [0.25, 0.3) is 0 Å². The molecule has 84 valence electrons. The number of rotatable bonds is 4. The quantitative estimate of drug-likeness (QED) is 0.765. The molecule has 3 nitrogen and oxygen atoms in total. The number of aromatic nitrogens is 1. The summed E-state index contributed by atoms with van der Waals surface area (Å²) in [6.07, 6.45) is 3.43. The van der Waals surface area contributed by atoms with Crippen LogP contribution in [-0.2, 0) is 13.1 Å².